The van der Waals surface area contributed by atoms with Crippen LogP contribution < -0.4 is 14.8 Å². The van der Waals surface area contributed by atoms with E-state index in [0.29, 0.717) is 22.7 Å². The van der Waals surface area contributed by atoms with E-state index in [-0.39, 0.29) is 0 Å². The van der Waals surface area contributed by atoms with E-state index in [1.165, 1.54) is 14.2 Å². The summed E-state index contributed by atoms with van der Waals surface area (Å²) < 4.78 is 17.7. The van der Waals surface area contributed by atoms with Crippen LogP contribution in [0.25, 0.3) is 5.69 Å². The highest BCUT2D eigenvalue weighted by molar-refractivity contribution is 5.97. The molecule has 0 aliphatic rings. The third-order valence-electron chi connectivity index (χ3n) is 4.96. The summed E-state index contributed by atoms with van der Waals surface area (Å²) in [7, 11) is 3.03. The minimum Gasteiger partial charge on any atom is -0.497 e. The van der Waals surface area contributed by atoms with Gasteiger partial charge in [0.2, 0.25) is 0 Å². The molecule has 3 aromatic rings. The van der Waals surface area contributed by atoms with Crippen molar-refractivity contribution in [2.45, 2.75) is 20.8 Å². The summed E-state index contributed by atoms with van der Waals surface area (Å²) in [5.74, 6) is 0.00484. The van der Waals surface area contributed by atoms with Gasteiger partial charge in [0, 0.05) is 23.1 Å². The van der Waals surface area contributed by atoms with Crippen LogP contribution in [0.3, 0.4) is 0 Å². The number of aryl methyl sites for hydroxylation is 2. The molecule has 0 saturated heterocycles. The summed E-state index contributed by atoms with van der Waals surface area (Å²) >= 11 is 0. The fourth-order valence-corrected chi connectivity index (χ4v) is 3.37. The molecule has 1 heterocycles. The largest absolute Gasteiger partial charge is 0.497 e. The second kappa shape index (κ2) is 9.38. The van der Waals surface area contributed by atoms with Crippen molar-refractivity contribution in [2.75, 3.05) is 26.1 Å². The molecular weight excluding hydrogens is 396 g/mol. The number of amides is 1. The molecule has 0 spiro atoms. The molecule has 0 aliphatic heterocycles. The van der Waals surface area contributed by atoms with Gasteiger partial charge in [-0.2, -0.15) is 0 Å². The number of carbonyl (C=O) groups is 2. The molecule has 162 valence electrons. The van der Waals surface area contributed by atoms with Crippen molar-refractivity contribution >= 4 is 17.6 Å². The first kappa shape index (κ1) is 22.0. The van der Waals surface area contributed by atoms with Crippen LogP contribution in [-0.2, 0) is 9.53 Å². The lowest BCUT2D eigenvalue weighted by atomic mass is 10.2. The van der Waals surface area contributed by atoms with E-state index in [4.69, 9.17) is 14.2 Å². The van der Waals surface area contributed by atoms with Crippen molar-refractivity contribution in [2.24, 2.45) is 0 Å². The van der Waals surface area contributed by atoms with Crippen LogP contribution in [0.2, 0.25) is 0 Å². The summed E-state index contributed by atoms with van der Waals surface area (Å²) in [4.78, 5) is 25.0. The first-order valence-corrected chi connectivity index (χ1v) is 9.79. The number of ether oxygens (including phenoxy) is 3. The standard InChI is InChI=1S/C24H26N2O5/c1-15-6-8-18(9-7-15)26-16(2)12-20(17(26)3)24(28)31-14-23(27)25-21-13-19(29-4)10-11-22(21)30-5/h6-13H,14H2,1-5H3,(H,25,27). The van der Waals surface area contributed by atoms with E-state index in [2.05, 4.69) is 5.32 Å². The fourth-order valence-electron chi connectivity index (χ4n) is 3.37. The van der Waals surface area contributed by atoms with Gasteiger partial charge in [0.15, 0.2) is 6.61 Å². The predicted molar refractivity (Wildman–Crippen MR) is 118 cm³/mol. The summed E-state index contributed by atoms with van der Waals surface area (Å²) in [5.41, 5.74) is 4.62. The molecule has 0 saturated carbocycles. The van der Waals surface area contributed by atoms with Crippen LogP contribution in [0.1, 0.15) is 27.3 Å². The van der Waals surface area contributed by atoms with Crippen LogP contribution in [0.5, 0.6) is 11.5 Å². The minimum atomic E-state index is -0.556. The van der Waals surface area contributed by atoms with Crippen molar-refractivity contribution in [3.63, 3.8) is 0 Å². The van der Waals surface area contributed by atoms with Crippen LogP contribution in [0.15, 0.2) is 48.5 Å². The molecule has 3 rings (SSSR count). The Morgan fingerprint density at radius 3 is 2.29 bits per heavy atom. The van der Waals surface area contributed by atoms with Crippen molar-refractivity contribution in [3.8, 4) is 17.2 Å². The Hall–Kier alpha value is -3.74. The highest BCUT2D eigenvalue weighted by atomic mass is 16.5. The Morgan fingerprint density at radius 1 is 0.935 bits per heavy atom. The normalized spacial score (nSPS) is 10.5. The maximum Gasteiger partial charge on any atom is 0.340 e. The number of methoxy groups -OCH3 is 2. The van der Waals surface area contributed by atoms with Crippen LogP contribution >= 0.6 is 0 Å². The van der Waals surface area contributed by atoms with Gasteiger partial charge in [0.25, 0.3) is 5.91 Å². The van der Waals surface area contributed by atoms with Gasteiger partial charge in [-0.25, -0.2) is 4.79 Å². The first-order valence-electron chi connectivity index (χ1n) is 9.79. The third kappa shape index (κ3) is 4.88. The highest BCUT2D eigenvalue weighted by Crippen LogP contribution is 2.29. The third-order valence-corrected chi connectivity index (χ3v) is 4.96. The number of benzene rings is 2. The van der Waals surface area contributed by atoms with E-state index in [1.807, 2.05) is 49.6 Å². The molecule has 1 amide bonds. The lowest BCUT2D eigenvalue weighted by Gasteiger charge is -2.12. The number of nitrogens with one attached hydrogen (secondary N) is 1. The molecule has 0 fully saturated rings. The zero-order valence-corrected chi connectivity index (χ0v) is 18.3. The van der Waals surface area contributed by atoms with E-state index in [1.54, 1.807) is 24.3 Å². The second-order valence-corrected chi connectivity index (χ2v) is 7.15. The van der Waals surface area contributed by atoms with Crippen molar-refractivity contribution < 1.29 is 23.8 Å². The van der Waals surface area contributed by atoms with E-state index >= 15 is 0 Å². The topological polar surface area (TPSA) is 78.8 Å². The molecule has 7 heteroatoms. The van der Waals surface area contributed by atoms with Crippen molar-refractivity contribution in [1.29, 1.82) is 0 Å². The summed E-state index contributed by atoms with van der Waals surface area (Å²) in [6, 6.07) is 14.8. The lowest BCUT2D eigenvalue weighted by Crippen LogP contribution is -2.21. The van der Waals surface area contributed by atoms with Crippen molar-refractivity contribution in [3.05, 3.63) is 71.0 Å². The van der Waals surface area contributed by atoms with Crippen molar-refractivity contribution in [1.82, 2.24) is 4.57 Å². The number of carbonyl (C=O) groups excluding carboxylic acids is 2. The predicted octanol–water partition coefficient (Wildman–Crippen LogP) is 4.22. The smallest absolute Gasteiger partial charge is 0.340 e. The summed E-state index contributed by atoms with van der Waals surface area (Å²) in [5, 5.41) is 2.68. The van der Waals surface area contributed by atoms with Gasteiger partial charge < -0.3 is 24.1 Å². The molecular formula is C24H26N2O5. The Bertz CT molecular complexity index is 1100. The van der Waals surface area contributed by atoms with Gasteiger partial charge in [0.1, 0.15) is 11.5 Å². The molecule has 1 N–H and O–H groups in total. The van der Waals surface area contributed by atoms with Crippen LogP contribution in [-0.4, -0.2) is 37.3 Å². The molecule has 31 heavy (non-hydrogen) atoms. The van der Waals surface area contributed by atoms with Gasteiger partial charge in [-0.1, -0.05) is 17.7 Å². The SMILES string of the molecule is COc1ccc(OC)c(NC(=O)COC(=O)c2cc(C)n(-c3ccc(C)cc3)c2C)c1. The summed E-state index contributed by atoms with van der Waals surface area (Å²) in [6.07, 6.45) is 0. The number of anilines is 1. The average Bonchev–Trinajstić information content (AvgIpc) is 3.06. The van der Waals surface area contributed by atoms with E-state index in [9.17, 15) is 9.59 Å². The van der Waals surface area contributed by atoms with Crippen LogP contribution in [0, 0.1) is 20.8 Å². The highest BCUT2D eigenvalue weighted by Gasteiger charge is 2.19. The van der Waals surface area contributed by atoms with Gasteiger partial charge in [-0.05, 0) is 51.1 Å². The maximum atomic E-state index is 12.6. The maximum absolute atomic E-state index is 12.6. The number of hydrogen-bond acceptors (Lipinski definition) is 5. The molecule has 0 radical (unpaired) electrons. The number of aromatic nitrogens is 1. The van der Waals surface area contributed by atoms with Gasteiger partial charge in [-0.15, -0.1) is 0 Å². The summed E-state index contributed by atoms with van der Waals surface area (Å²) in [6.45, 7) is 5.37. The zero-order valence-electron chi connectivity index (χ0n) is 18.3. The Morgan fingerprint density at radius 2 is 1.65 bits per heavy atom. The molecule has 0 aliphatic carbocycles. The lowest BCUT2D eigenvalue weighted by molar-refractivity contribution is -0.119. The average molecular weight is 422 g/mol. The molecule has 0 bridgehead atoms. The Balaban J connectivity index is 1.69. The van der Waals surface area contributed by atoms with Gasteiger partial charge >= 0.3 is 5.97 Å². The fraction of sp³-hybridized carbons (Fsp3) is 0.250. The van der Waals surface area contributed by atoms with E-state index in [0.717, 1.165) is 22.6 Å². The number of esters is 1. The number of hydrogen-bond donors (Lipinski definition) is 1. The number of rotatable bonds is 7. The van der Waals surface area contributed by atoms with Crippen LogP contribution in [0.4, 0.5) is 5.69 Å². The number of nitrogens with zero attached hydrogens (tertiary/aromatic N) is 1. The molecule has 0 atom stereocenters. The first-order chi connectivity index (χ1) is 14.8. The Kier molecular flexibility index (Phi) is 6.65. The molecule has 7 nitrogen and oxygen atoms in total. The molecule has 1 aromatic heterocycles. The van der Waals surface area contributed by atoms with E-state index < -0.39 is 18.5 Å². The molecule has 2 aromatic carbocycles. The monoisotopic (exact) mass is 422 g/mol. The quantitative estimate of drug-likeness (QED) is 0.577. The second-order valence-electron chi connectivity index (χ2n) is 7.15. The van der Waals surface area contributed by atoms with Gasteiger partial charge in [-0.3, -0.25) is 4.79 Å². The van der Waals surface area contributed by atoms with Gasteiger partial charge in [0.05, 0.1) is 25.5 Å². The minimum absolute atomic E-state index is 0.421. The zero-order chi connectivity index (χ0) is 22.5. The Labute approximate surface area is 181 Å². The molecule has 0 unspecified atom stereocenters.